The second kappa shape index (κ2) is 7.10. The fourth-order valence-corrected chi connectivity index (χ4v) is 3.73. The number of nitrogens with zero attached hydrogens (tertiary/aromatic N) is 1. The Morgan fingerprint density at radius 3 is 2.75 bits per heavy atom. The Morgan fingerprint density at radius 2 is 2.11 bits per heavy atom. The van der Waals surface area contributed by atoms with Crippen molar-refractivity contribution in [1.82, 2.24) is 0 Å². The Labute approximate surface area is 162 Å². The summed E-state index contributed by atoms with van der Waals surface area (Å²) in [5.41, 5.74) is 6.05. The summed E-state index contributed by atoms with van der Waals surface area (Å²) in [5.74, 6) is -1.74. The lowest BCUT2D eigenvalue weighted by Gasteiger charge is -2.36. The molecule has 1 heterocycles. The summed E-state index contributed by atoms with van der Waals surface area (Å²) in [5, 5.41) is 11.7. The van der Waals surface area contributed by atoms with Gasteiger partial charge >= 0.3 is 11.7 Å². The average Bonchev–Trinajstić information content (AvgIpc) is 2.59. The molecule has 28 heavy (non-hydrogen) atoms. The van der Waals surface area contributed by atoms with Gasteiger partial charge in [-0.2, -0.15) is 0 Å². The zero-order valence-electron chi connectivity index (χ0n) is 16.0. The lowest BCUT2D eigenvalue weighted by atomic mass is 9.71. The smallest absolute Gasteiger partial charge is 0.338 e. The Balaban J connectivity index is 2.16. The molecule has 0 bridgehead atoms. The number of rotatable bonds is 4. The molecule has 0 unspecified atom stereocenters. The predicted molar refractivity (Wildman–Crippen MR) is 99.5 cm³/mol. The highest BCUT2D eigenvalue weighted by molar-refractivity contribution is 5.99. The number of hydrogen-bond donors (Lipinski definition) is 1. The van der Waals surface area contributed by atoms with Gasteiger partial charge in [-0.1, -0.05) is 26.0 Å². The fourth-order valence-electron chi connectivity index (χ4n) is 3.73. The highest BCUT2D eigenvalue weighted by atomic mass is 16.6. The van der Waals surface area contributed by atoms with Crippen molar-refractivity contribution in [2.45, 2.75) is 39.5 Å². The van der Waals surface area contributed by atoms with Crippen LogP contribution in [0.5, 0.6) is 0 Å². The van der Waals surface area contributed by atoms with Gasteiger partial charge < -0.3 is 15.2 Å². The van der Waals surface area contributed by atoms with E-state index >= 15 is 0 Å². The topological polar surface area (TPSA) is 122 Å². The number of nitrogens with two attached hydrogens (primary N) is 1. The van der Waals surface area contributed by atoms with Gasteiger partial charge in [0.05, 0.1) is 22.7 Å². The number of allylic oxidation sites excluding steroid dienone is 2. The maximum absolute atomic E-state index is 12.9. The molecule has 1 atom stereocenters. The molecule has 0 amide bonds. The monoisotopic (exact) mass is 386 g/mol. The van der Waals surface area contributed by atoms with Crippen LogP contribution in [0.25, 0.3) is 0 Å². The molecule has 0 spiro atoms. The van der Waals surface area contributed by atoms with Gasteiger partial charge in [0.2, 0.25) is 0 Å². The van der Waals surface area contributed by atoms with Crippen molar-refractivity contribution in [2.75, 3.05) is 6.61 Å². The van der Waals surface area contributed by atoms with E-state index in [9.17, 15) is 19.7 Å². The third-order valence-corrected chi connectivity index (χ3v) is 4.85. The summed E-state index contributed by atoms with van der Waals surface area (Å²) in [6, 6.07) is 6.29. The summed E-state index contributed by atoms with van der Waals surface area (Å²) in [6.45, 7) is 5.75. The molecule has 0 radical (unpaired) electrons. The molecule has 8 nitrogen and oxygen atoms in total. The van der Waals surface area contributed by atoms with E-state index in [-0.39, 0.29) is 41.2 Å². The quantitative estimate of drug-likeness (QED) is 0.479. The van der Waals surface area contributed by atoms with E-state index in [0.29, 0.717) is 17.7 Å². The maximum Gasteiger partial charge on any atom is 0.338 e. The minimum absolute atomic E-state index is 0.205. The average molecular weight is 386 g/mol. The van der Waals surface area contributed by atoms with Crippen molar-refractivity contribution in [3.05, 3.63) is 68.4 Å². The first-order valence-electron chi connectivity index (χ1n) is 9.00. The van der Waals surface area contributed by atoms with Crippen LogP contribution in [-0.2, 0) is 14.3 Å². The molecule has 1 aromatic rings. The minimum Gasteiger partial charge on any atom is -0.462 e. The molecule has 0 saturated heterocycles. The van der Waals surface area contributed by atoms with Crippen LogP contribution >= 0.6 is 0 Å². The first-order valence-corrected chi connectivity index (χ1v) is 9.00. The summed E-state index contributed by atoms with van der Waals surface area (Å²) >= 11 is 0. The van der Waals surface area contributed by atoms with E-state index in [1.807, 2.05) is 13.8 Å². The molecule has 2 N–H and O–H groups in total. The zero-order valence-corrected chi connectivity index (χ0v) is 16.0. The van der Waals surface area contributed by atoms with Crippen LogP contribution in [0.2, 0.25) is 0 Å². The van der Waals surface area contributed by atoms with Crippen molar-refractivity contribution in [1.29, 1.82) is 0 Å². The van der Waals surface area contributed by atoms with Crippen LogP contribution in [0.15, 0.2) is 47.2 Å². The van der Waals surface area contributed by atoms with E-state index in [1.54, 1.807) is 25.1 Å². The van der Waals surface area contributed by atoms with Crippen LogP contribution in [0.1, 0.15) is 55.5 Å². The van der Waals surface area contributed by atoms with E-state index in [2.05, 4.69) is 0 Å². The van der Waals surface area contributed by atoms with Crippen LogP contribution in [0.4, 0.5) is 0 Å². The zero-order chi connectivity index (χ0) is 20.6. The molecule has 148 valence electrons. The number of esters is 1. The summed E-state index contributed by atoms with van der Waals surface area (Å²) < 4.78 is 10.5. The standard InChI is InChI=1S/C20H22N2O6/c1-4-27-19(24)12-7-5-6-11(8-12)15-16-13(23)9-20(2,3)10-14(16)28-18(21)17(15)22(25)26/h5-8,15H,4,9-10,21H2,1-3H3/t15-/m1/s1. The lowest BCUT2D eigenvalue weighted by Crippen LogP contribution is -2.35. The predicted octanol–water partition coefficient (Wildman–Crippen LogP) is 3.02. The number of carbonyl (C=O) groups excluding carboxylic acids is 2. The Kier molecular flexibility index (Phi) is 4.97. The number of nitro groups is 1. The highest BCUT2D eigenvalue weighted by Crippen LogP contribution is 2.48. The summed E-state index contributed by atoms with van der Waals surface area (Å²) in [6.07, 6.45) is 0.683. The van der Waals surface area contributed by atoms with Gasteiger partial charge in [0.1, 0.15) is 11.7 Å². The number of benzene rings is 1. The Bertz CT molecular complexity index is 928. The molecule has 1 aliphatic heterocycles. The van der Waals surface area contributed by atoms with Gasteiger partial charge in [0, 0.05) is 12.8 Å². The molecular weight excluding hydrogens is 364 g/mol. The molecule has 0 fully saturated rings. The van der Waals surface area contributed by atoms with E-state index in [0.717, 1.165) is 0 Å². The van der Waals surface area contributed by atoms with E-state index in [1.165, 1.54) is 6.07 Å². The van der Waals surface area contributed by atoms with Crippen LogP contribution < -0.4 is 5.73 Å². The molecule has 0 aromatic heterocycles. The van der Waals surface area contributed by atoms with Crippen molar-refractivity contribution in [3.8, 4) is 0 Å². The van der Waals surface area contributed by atoms with Gasteiger partial charge in [-0.05, 0) is 30.0 Å². The molecule has 8 heteroatoms. The molecule has 1 aliphatic carbocycles. The number of carbonyl (C=O) groups is 2. The number of ether oxygens (including phenoxy) is 2. The van der Waals surface area contributed by atoms with Crippen LogP contribution in [0.3, 0.4) is 0 Å². The fraction of sp³-hybridized carbons (Fsp3) is 0.400. The second-order valence-electron chi connectivity index (χ2n) is 7.67. The highest BCUT2D eigenvalue weighted by Gasteiger charge is 2.47. The van der Waals surface area contributed by atoms with Crippen molar-refractivity contribution >= 4 is 11.8 Å². The number of hydrogen-bond acceptors (Lipinski definition) is 7. The van der Waals surface area contributed by atoms with Crippen LogP contribution in [0, 0.1) is 15.5 Å². The molecule has 2 aliphatic rings. The maximum atomic E-state index is 12.9. The van der Waals surface area contributed by atoms with Crippen molar-refractivity contribution < 1.29 is 24.0 Å². The SMILES string of the molecule is CCOC(=O)c1cccc([C@@H]2C3=C(CC(C)(C)CC3=O)OC(N)=C2[N+](=O)[O-])c1. The summed E-state index contributed by atoms with van der Waals surface area (Å²) in [4.78, 5) is 36.1. The van der Waals surface area contributed by atoms with E-state index in [4.69, 9.17) is 15.2 Å². The normalized spacial score (nSPS) is 21.1. The van der Waals surface area contributed by atoms with Gasteiger partial charge in [0.15, 0.2) is 5.78 Å². The molecule has 0 saturated carbocycles. The Morgan fingerprint density at radius 1 is 1.39 bits per heavy atom. The Hall–Kier alpha value is -3.16. The molecule has 1 aromatic carbocycles. The minimum atomic E-state index is -1.00. The molecular formula is C20H22N2O6. The lowest BCUT2D eigenvalue weighted by molar-refractivity contribution is -0.433. The molecule has 3 rings (SSSR count). The van der Waals surface area contributed by atoms with E-state index < -0.39 is 22.5 Å². The second-order valence-corrected chi connectivity index (χ2v) is 7.67. The van der Waals surface area contributed by atoms with Gasteiger partial charge in [-0.15, -0.1) is 0 Å². The summed E-state index contributed by atoms with van der Waals surface area (Å²) in [7, 11) is 0. The van der Waals surface area contributed by atoms with Gasteiger partial charge in [-0.3, -0.25) is 14.9 Å². The number of Topliss-reactive ketones (excluding diaryl/α,β-unsaturated/α-hetero) is 1. The van der Waals surface area contributed by atoms with Crippen molar-refractivity contribution in [3.63, 3.8) is 0 Å². The van der Waals surface area contributed by atoms with Gasteiger partial charge in [0.25, 0.3) is 5.88 Å². The van der Waals surface area contributed by atoms with Gasteiger partial charge in [-0.25, -0.2) is 4.79 Å². The van der Waals surface area contributed by atoms with Crippen molar-refractivity contribution in [2.24, 2.45) is 11.1 Å². The number of ketones is 1. The largest absolute Gasteiger partial charge is 0.462 e. The first kappa shape index (κ1) is 19.6. The third-order valence-electron chi connectivity index (χ3n) is 4.85. The third kappa shape index (κ3) is 3.49. The first-order chi connectivity index (χ1) is 13.1. The van der Waals surface area contributed by atoms with Crippen LogP contribution in [-0.4, -0.2) is 23.3 Å².